The highest BCUT2D eigenvalue weighted by Gasteiger charge is 2.19. The minimum absolute atomic E-state index is 0.402. The lowest BCUT2D eigenvalue weighted by Gasteiger charge is -2.08. The maximum absolute atomic E-state index is 12.4. The fourth-order valence-electron chi connectivity index (χ4n) is 2.81. The van der Waals surface area contributed by atoms with Gasteiger partial charge in [-0.15, -0.1) is 0 Å². The average Bonchev–Trinajstić information content (AvgIpc) is 2.97. The molecule has 7 nitrogen and oxygen atoms in total. The van der Waals surface area contributed by atoms with Gasteiger partial charge in [0.25, 0.3) is 5.56 Å². The van der Waals surface area contributed by atoms with E-state index < -0.39 is 11.2 Å². The molecule has 0 bridgehead atoms. The number of aryl methyl sites for hydroxylation is 1. The Bertz CT molecular complexity index is 954. The molecule has 0 aliphatic carbocycles. The maximum Gasteiger partial charge on any atom is 0.330 e. The number of ether oxygens (including phenoxy) is 1. The van der Waals surface area contributed by atoms with Crippen molar-refractivity contribution >= 4 is 11.2 Å². The van der Waals surface area contributed by atoms with Crippen molar-refractivity contribution in [3.8, 4) is 11.4 Å². The molecule has 0 radical (unpaired) electrons. The quantitative estimate of drug-likeness (QED) is 0.745. The minimum Gasteiger partial charge on any atom is -0.383 e. The van der Waals surface area contributed by atoms with E-state index in [9.17, 15) is 9.59 Å². The highest BCUT2D eigenvalue weighted by atomic mass is 16.5. The van der Waals surface area contributed by atoms with Crippen molar-refractivity contribution in [2.75, 3.05) is 13.7 Å². The number of aromatic amines is 1. The number of aromatic nitrogens is 4. The standard InChI is InChI=1S/C17H20N4O3/c1-3-9-21-15-13(16(22)19-17(21)23)20(10-11-24-2)14(18-15)12-7-5-4-6-8-12/h4-8H,3,9-11H2,1-2H3,(H,19,22,23). The summed E-state index contributed by atoms with van der Waals surface area (Å²) in [4.78, 5) is 31.6. The van der Waals surface area contributed by atoms with E-state index in [0.717, 1.165) is 12.0 Å². The summed E-state index contributed by atoms with van der Waals surface area (Å²) in [6.45, 7) is 3.40. The van der Waals surface area contributed by atoms with Crippen molar-refractivity contribution in [1.29, 1.82) is 0 Å². The first-order valence-corrected chi connectivity index (χ1v) is 7.95. The molecular weight excluding hydrogens is 308 g/mol. The average molecular weight is 328 g/mol. The lowest BCUT2D eigenvalue weighted by Crippen LogP contribution is -2.31. The summed E-state index contributed by atoms with van der Waals surface area (Å²) in [5.41, 5.74) is 0.859. The number of nitrogens with one attached hydrogen (secondary N) is 1. The Morgan fingerprint density at radius 1 is 1.12 bits per heavy atom. The molecule has 24 heavy (non-hydrogen) atoms. The van der Waals surface area contributed by atoms with Gasteiger partial charge >= 0.3 is 5.69 Å². The number of imidazole rings is 1. The Kier molecular flexibility index (Phi) is 4.61. The molecule has 0 saturated carbocycles. The molecule has 2 heterocycles. The number of H-pyrrole nitrogens is 1. The van der Waals surface area contributed by atoms with Gasteiger partial charge in [0.1, 0.15) is 5.82 Å². The zero-order valence-corrected chi connectivity index (χ0v) is 13.8. The fraction of sp³-hybridized carbons (Fsp3) is 0.353. The number of nitrogens with zero attached hydrogens (tertiary/aromatic N) is 3. The number of hydrogen-bond donors (Lipinski definition) is 1. The molecule has 0 amide bonds. The molecule has 0 unspecified atom stereocenters. The Morgan fingerprint density at radius 2 is 1.88 bits per heavy atom. The molecule has 126 valence electrons. The van der Waals surface area contributed by atoms with Crippen LogP contribution in [-0.4, -0.2) is 32.8 Å². The Hall–Kier alpha value is -2.67. The molecule has 0 atom stereocenters. The largest absolute Gasteiger partial charge is 0.383 e. The number of fused-ring (bicyclic) bond motifs is 1. The van der Waals surface area contributed by atoms with Crippen LogP contribution in [0, 0.1) is 0 Å². The summed E-state index contributed by atoms with van der Waals surface area (Å²) in [5.74, 6) is 0.656. The van der Waals surface area contributed by atoms with E-state index in [0.29, 0.717) is 36.7 Å². The molecule has 3 rings (SSSR count). The van der Waals surface area contributed by atoms with Crippen LogP contribution in [0.3, 0.4) is 0 Å². The topological polar surface area (TPSA) is 81.9 Å². The van der Waals surface area contributed by atoms with Gasteiger partial charge in [0.05, 0.1) is 6.61 Å². The fourth-order valence-corrected chi connectivity index (χ4v) is 2.81. The van der Waals surface area contributed by atoms with E-state index in [1.807, 2.05) is 41.8 Å². The zero-order valence-electron chi connectivity index (χ0n) is 13.8. The molecule has 0 saturated heterocycles. The second kappa shape index (κ2) is 6.84. The lowest BCUT2D eigenvalue weighted by molar-refractivity contribution is 0.188. The van der Waals surface area contributed by atoms with Gasteiger partial charge in [-0.2, -0.15) is 0 Å². The van der Waals surface area contributed by atoms with Gasteiger partial charge in [0.15, 0.2) is 11.2 Å². The van der Waals surface area contributed by atoms with Gasteiger partial charge in [-0.25, -0.2) is 9.78 Å². The summed E-state index contributed by atoms with van der Waals surface area (Å²) in [6, 6.07) is 9.62. The third-order valence-electron chi connectivity index (χ3n) is 3.88. The predicted octanol–water partition coefficient (Wildman–Crippen LogP) is 1.61. The molecule has 3 aromatic rings. The second-order valence-corrected chi connectivity index (χ2v) is 5.53. The highest BCUT2D eigenvalue weighted by Crippen LogP contribution is 2.22. The third kappa shape index (κ3) is 2.78. The number of methoxy groups -OCH3 is 1. The lowest BCUT2D eigenvalue weighted by atomic mass is 10.2. The molecule has 0 fully saturated rings. The molecule has 7 heteroatoms. The van der Waals surface area contributed by atoms with Gasteiger partial charge in [-0.05, 0) is 6.42 Å². The van der Waals surface area contributed by atoms with Crippen LogP contribution in [0.15, 0.2) is 39.9 Å². The molecular formula is C17H20N4O3. The summed E-state index contributed by atoms with van der Waals surface area (Å²) < 4.78 is 8.51. The first kappa shape index (κ1) is 16.2. The van der Waals surface area contributed by atoms with Gasteiger partial charge in [0.2, 0.25) is 0 Å². The van der Waals surface area contributed by atoms with Crippen LogP contribution in [0.25, 0.3) is 22.6 Å². The van der Waals surface area contributed by atoms with Crippen molar-refractivity contribution < 1.29 is 4.74 Å². The van der Waals surface area contributed by atoms with E-state index in [1.54, 1.807) is 7.11 Å². The normalized spacial score (nSPS) is 11.2. The molecule has 2 aromatic heterocycles. The number of rotatable bonds is 6. The van der Waals surface area contributed by atoms with E-state index in [2.05, 4.69) is 9.97 Å². The highest BCUT2D eigenvalue weighted by molar-refractivity contribution is 5.76. The van der Waals surface area contributed by atoms with Gasteiger partial charge in [-0.3, -0.25) is 14.3 Å². The van der Waals surface area contributed by atoms with E-state index in [1.165, 1.54) is 4.57 Å². The molecule has 1 aromatic carbocycles. The Morgan fingerprint density at radius 3 is 2.54 bits per heavy atom. The van der Waals surface area contributed by atoms with E-state index in [-0.39, 0.29) is 0 Å². The van der Waals surface area contributed by atoms with Gasteiger partial charge < -0.3 is 9.30 Å². The maximum atomic E-state index is 12.4. The van der Waals surface area contributed by atoms with Crippen molar-refractivity contribution in [2.24, 2.45) is 0 Å². The summed E-state index contributed by atoms with van der Waals surface area (Å²) in [5, 5.41) is 0. The smallest absolute Gasteiger partial charge is 0.330 e. The first-order valence-electron chi connectivity index (χ1n) is 7.95. The Labute approximate surface area is 138 Å². The van der Waals surface area contributed by atoms with Crippen LogP contribution < -0.4 is 11.2 Å². The van der Waals surface area contributed by atoms with Crippen molar-refractivity contribution in [2.45, 2.75) is 26.4 Å². The van der Waals surface area contributed by atoms with Gasteiger partial charge in [-0.1, -0.05) is 37.3 Å². The van der Waals surface area contributed by atoms with Crippen molar-refractivity contribution in [1.82, 2.24) is 19.1 Å². The zero-order chi connectivity index (χ0) is 17.1. The summed E-state index contributed by atoms with van der Waals surface area (Å²) in [6.07, 6.45) is 0.770. The molecule has 0 aliphatic heterocycles. The van der Waals surface area contributed by atoms with Crippen LogP contribution in [0.4, 0.5) is 0 Å². The Balaban J connectivity index is 2.35. The molecule has 1 N–H and O–H groups in total. The molecule has 0 aliphatic rings. The summed E-state index contributed by atoms with van der Waals surface area (Å²) in [7, 11) is 1.61. The van der Waals surface area contributed by atoms with Crippen LogP contribution in [-0.2, 0) is 17.8 Å². The SMILES string of the molecule is CCCn1c(=O)[nH]c(=O)c2c1nc(-c1ccccc1)n2CCOC. The van der Waals surface area contributed by atoms with Crippen LogP contribution in [0.2, 0.25) is 0 Å². The third-order valence-corrected chi connectivity index (χ3v) is 3.88. The predicted molar refractivity (Wildman–Crippen MR) is 92.2 cm³/mol. The first-order chi connectivity index (χ1) is 11.7. The van der Waals surface area contributed by atoms with E-state index >= 15 is 0 Å². The monoisotopic (exact) mass is 328 g/mol. The number of benzene rings is 1. The van der Waals surface area contributed by atoms with Crippen molar-refractivity contribution in [3.63, 3.8) is 0 Å². The van der Waals surface area contributed by atoms with Gasteiger partial charge in [0, 0.05) is 25.8 Å². The van der Waals surface area contributed by atoms with E-state index in [4.69, 9.17) is 4.74 Å². The summed E-state index contributed by atoms with van der Waals surface area (Å²) >= 11 is 0. The number of hydrogen-bond acceptors (Lipinski definition) is 4. The minimum atomic E-state index is -0.426. The van der Waals surface area contributed by atoms with Crippen LogP contribution in [0.5, 0.6) is 0 Å². The second-order valence-electron chi connectivity index (χ2n) is 5.53. The van der Waals surface area contributed by atoms with Crippen LogP contribution in [0.1, 0.15) is 13.3 Å². The molecule has 0 spiro atoms. The van der Waals surface area contributed by atoms with Crippen LogP contribution >= 0.6 is 0 Å². The van der Waals surface area contributed by atoms with Crippen molar-refractivity contribution in [3.05, 3.63) is 51.2 Å².